The molecule has 1 amide bonds. The zero-order chi connectivity index (χ0) is 15.5. The van der Waals surface area contributed by atoms with E-state index in [1.807, 2.05) is 41.2 Å². The Balaban J connectivity index is 1.71. The molecule has 1 aromatic carbocycles. The first kappa shape index (κ1) is 14.2. The molecular weight excluding hydrogens is 278 g/mol. The fourth-order valence-corrected chi connectivity index (χ4v) is 2.78. The average molecular weight is 295 g/mol. The summed E-state index contributed by atoms with van der Waals surface area (Å²) in [7, 11) is 0. The molecule has 0 bridgehead atoms. The second-order valence-electron chi connectivity index (χ2n) is 5.42. The minimum Gasteiger partial charge on any atom is -0.465 e. The molecule has 0 unspecified atom stereocenters. The number of rotatable bonds is 2. The van der Waals surface area contributed by atoms with Gasteiger partial charge in [0.15, 0.2) is 0 Å². The summed E-state index contributed by atoms with van der Waals surface area (Å²) in [5.74, 6) is 2.91. The molecule has 0 radical (unpaired) electrons. The van der Waals surface area contributed by atoms with E-state index in [4.69, 9.17) is 11.5 Å². The second-order valence-corrected chi connectivity index (χ2v) is 5.42. The number of benzene rings is 1. The zero-order valence-corrected chi connectivity index (χ0v) is 12.1. The van der Waals surface area contributed by atoms with E-state index in [2.05, 4.69) is 11.0 Å². The number of carboxylic acid groups (broad SMARTS) is 1. The van der Waals surface area contributed by atoms with Crippen LogP contribution in [0.4, 0.5) is 4.79 Å². The van der Waals surface area contributed by atoms with Crippen molar-refractivity contribution >= 4 is 6.09 Å². The molecule has 1 saturated heterocycles. The lowest BCUT2D eigenvalue weighted by molar-refractivity contribution is 0.131. The molecule has 0 aliphatic carbocycles. The van der Waals surface area contributed by atoms with Crippen molar-refractivity contribution in [2.24, 2.45) is 0 Å². The van der Waals surface area contributed by atoms with Crippen molar-refractivity contribution in [3.05, 3.63) is 47.8 Å². The van der Waals surface area contributed by atoms with Crippen LogP contribution >= 0.6 is 0 Å². The van der Waals surface area contributed by atoms with Crippen molar-refractivity contribution in [1.29, 1.82) is 0 Å². The number of likely N-dealkylation sites (tertiary alicyclic amines) is 1. The molecule has 0 saturated carbocycles. The SMILES string of the molecule is C#Cc1ccc(-n2ccc(C3CCN(C(=O)O)CC3)n2)cc1. The highest BCUT2D eigenvalue weighted by atomic mass is 16.4. The number of aromatic nitrogens is 2. The molecule has 3 rings (SSSR count). The van der Waals surface area contributed by atoms with Gasteiger partial charge in [0.25, 0.3) is 0 Å². The lowest BCUT2D eigenvalue weighted by atomic mass is 9.94. The third-order valence-corrected chi connectivity index (χ3v) is 4.09. The molecule has 1 fully saturated rings. The molecule has 5 nitrogen and oxygen atoms in total. The van der Waals surface area contributed by atoms with E-state index in [-0.39, 0.29) is 0 Å². The van der Waals surface area contributed by atoms with Crippen LogP contribution < -0.4 is 0 Å². The van der Waals surface area contributed by atoms with Crippen LogP contribution in [0.5, 0.6) is 0 Å². The number of piperidine rings is 1. The van der Waals surface area contributed by atoms with E-state index in [1.54, 1.807) is 0 Å². The van der Waals surface area contributed by atoms with Gasteiger partial charge < -0.3 is 10.0 Å². The van der Waals surface area contributed by atoms with Gasteiger partial charge in [-0.3, -0.25) is 0 Å². The first-order valence-electron chi connectivity index (χ1n) is 7.28. The van der Waals surface area contributed by atoms with Gasteiger partial charge in [0, 0.05) is 30.8 Å². The number of terminal acetylenes is 1. The van der Waals surface area contributed by atoms with E-state index in [1.165, 1.54) is 4.90 Å². The quantitative estimate of drug-likeness (QED) is 0.867. The molecule has 1 aromatic heterocycles. The highest BCUT2D eigenvalue weighted by Crippen LogP contribution is 2.27. The summed E-state index contributed by atoms with van der Waals surface area (Å²) in [6, 6.07) is 9.68. The largest absolute Gasteiger partial charge is 0.465 e. The lowest BCUT2D eigenvalue weighted by Crippen LogP contribution is -2.36. The molecule has 2 aromatic rings. The van der Waals surface area contributed by atoms with Crippen LogP contribution in [0.1, 0.15) is 30.0 Å². The van der Waals surface area contributed by atoms with E-state index in [9.17, 15) is 4.79 Å². The van der Waals surface area contributed by atoms with Gasteiger partial charge in [0.05, 0.1) is 11.4 Å². The van der Waals surface area contributed by atoms with Crippen molar-refractivity contribution in [2.45, 2.75) is 18.8 Å². The van der Waals surface area contributed by atoms with Crippen LogP contribution in [0.2, 0.25) is 0 Å². The Morgan fingerprint density at radius 2 is 1.91 bits per heavy atom. The first-order chi connectivity index (χ1) is 10.7. The van der Waals surface area contributed by atoms with Gasteiger partial charge in [0.1, 0.15) is 0 Å². The molecule has 0 atom stereocenters. The van der Waals surface area contributed by atoms with Gasteiger partial charge in [-0.15, -0.1) is 6.42 Å². The minimum atomic E-state index is -0.836. The van der Waals surface area contributed by atoms with E-state index < -0.39 is 6.09 Å². The fourth-order valence-electron chi connectivity index (χ4n) is 2.78. The van der Waals surface area contributed by atoms with Crippen LogP contribution in [0, 0.1) is 12.3 Å². The molecule has 112 valence electrons. The number of nitrogens with zero attached hydrogens (tertiary/aromatic N) is 3. The molecular formula is C17H17N3O2. The molecule has 0 spiro atoms. The summed E-state index contributed by atoms with van der Waals surface area (Å²) in [6.45, 7) is 1.15. The summed E-state index contributed by atoms with van der Waals surface area (Å²) >= 11 is 0. The topological polar surface area (TPSA) is 58.4 Å². The molecule has 1 aliphatic heterocycles. The standard InChI is InChI=1S/C17H17N3O2/c1-2-13-3-5-15(6-4-13)20-12-9-16(18-20)14-7-10-19(11-8-14)17(21)22/h1,3-6,9,12,14H,7-8,10-11H2,(H,21,22). The van der Waals surface area contributed by atoms with Crippen molar-refractivity contribution in [2.75, 3.05) is 13.1 Å². The van der Waals surface area contributed by atoms with Crippen molar-refractivity contribution < 1.29 is 9.90 Å². The summed E-state index contributed by atoms with van der Waals surface area (Å²) in [6.07, 6.45) is 8.09. The van der Waals surface area contributed by atoms with E-state index in [0.717, 1.165) is 29.8 Å². The smallest absolute Gasteiger partial charge is 0.407 e. The molecule has 1 aliphatic rings. The average Bonchev–Trinajstić information content (AvgIpc) is 3.05. The maximum atomic E-state index is 10.9. The van der Waals surface area contributed by atoms with Crippen LogP contribution in [-0.4, -0.2) is 39.0 Å². The zero-order valence-electron chi connectivity index (χ0n) is 12.1. The second kappa shape index (κ2) is 5.94. The Labute approximate surface area is 129 Å². The Morgan fingerprint density at radius 1 is 1.23 bits per heavy atom. The first-order valence-corrected chi connectivity index (χ1v) is 7.28. The molecule has 22 heavy (non-hydrogen) atoms. The predicted octanol–water partition coefficient (Wildman–Crippen LogP) is 2.71. The molecule has 2 heterocycles. The van der Waals surface area contributed by atoms with Gasteiger partial charge in [-0.25, -0.2) is 9.48 Å². The molecule has 5 heteroatoms. The Bertz CT molecular complexity index is 704. The van der Waals surface area contributed by atoms with Crippen LogP contribution in [0.3, 0.4) is 0 Å². The summed E-state index contributed by atoms with van der Waals surface area (Å²) in [5.41, 5.74) is 2.83. The van der Waals surface area contributed by atoms with Crippen molar-refractivity contribution in [3.8, 4) is 18.0 Å². The fraction of sp³-hybridized carbons (Fsp3) is 0.294. The van der Waals surface area contributed by atoms with E-state index >= 15 is 0 Å². The summed E-state index contributed by atoms with van der Waals surface area (Å²) in [5, 5.41) is 13.6. The lowest BCUT2D eigenvalue weighted by Gasteiger charge is -2.28. The number of carbonyl (C=O) groups is 1. The summed E-state index contributed by atoms with van der Waals surface area (Å²) < 4.78 is 1.83. The number of amides is 1. The van der Waals surface area contributed by atoms with Crippen molar-refractivity contribution in [3.63, 3.8) is 0 Å². The van der Waals surface area contributed by atoms with E-state index in [0.29, 0.717) is 19.0 Å². The van der Waals surface area contributed by atoms with Crippen LogP contribution in [0.15, 0.2) is 36.5 Å². The Hall–Kier alpha value is -2.74. The molecule has 1 N–H and O–H groups in total. The minimum absolute atomic E-state index is 0.321. The van der Waals surface area contributed by atoms with Crippen LogP contribution in [-0.2, 0) is 0 Å². The maximum Gasteiger partial charge on any atom is 0.407 e. The van der Waals surface area contributed by atoms with Gasteiger partial charge in [-0.2, -0.15) is 5.10 Å². The number of hydrogen-bond acceptors (Lipinski definition) is 2. The monoisotopic (exact) mass is 295 g/mol. The van der Waals surface area contributed by atoms with Gasteiger partial charge in [0.2, 0.25) is 0 Å². The Morgan fingerprint density at radius 3 is 2.50 bits per heavy atom. The highest BCUT2D eigenvalue weighted by Gasteiger charge is 2.24. The van der Waals surface area contributed by atoms with Gasteiger partial charge >= 0.3 is 6.09 Å². The van der Waals surface area contributed by atoms with Gasteiger partial charge in [-0.05, 0) is 43.2 Å². The number of hydrogen-bond donors (Lipinski definition) is 1. The maximum absolute atomic E-state index is 10.9. The normalized spacial score (nSPS) is 15.5. The predicted molar refractivity (Wildman–Crippen MR) is 83.1 cm³/mol. The van der Waals surface area contributed by atoms with Crippen molar-refractivity contribution in [1.82, 2.24) is 14.7 Å². The van der Waals surface area contributed by atoms with Gasteiger partial charge in [-0.1, -0.05) is 5.92 Å². The van der Waals surface area contributed by atoms with Crippen LogP contribution in [0.25, 0.3) is 5.69 Å². The third kappa shape index (κ3) is 2.82. The third-order valence-electron chi connectivity index (χ3n) is 4.09. The highest BCUT2D eigenvalue weighted by molar-refractivity contribution is 5.65. The Kier molecular flexibility index (Phi) is 3.84. The summed E-state index contributed by atoms with van der Waals surface area (Å²) in [4.78, 5) is 12.4.